The standard InChI is InChI=1S/2C6H8O7.3Na.4H2O/c2*7-3(8)1-6(13,5(11)12)2-4(9)10;;;;;;;/h2*13H,1-2H2,(H,7,8)(H,9,10)(H,11,12);;;;4*1H2/q;;3*+1;;;;/p-3. The maximum absolute atomic E-state index is 10.3. The summed E-state index contributed by atoms with van der Waals surface area (Å²) in [5, 5.41) is 72.7. The molecule has 0 aromatic rings. The third-order valence-corrected chi connectivity index (χ3v) is 2.54. The van der Waals surface area contributed by atoms with E-state index >= 15 is 0 Å². The molecule has 0 aliphatic carbocycles. The third-order valence-electron chi connectivity index (χ3n) is 2.54. The minimum absolute atomic E-state index is 0. The summed E-state index contributed by atoms with van der Waals surface area (Å²) in [5.74, 6) is -11.0. The zero-order chi connectivity index (χ0) is 21.3. The molecule has 0 aliphatic heterocycles. The minimum atomic E-state index is -2.97. The van der Waals surface area contributed by atoms with E-state index in [1.54, 1.807) is 0 Å². The smallest absolute Gasteiger partial charge is 0.550 e. The molecule has 0 saturated carbocycles. The average Bonchev–Trinajstić information content (AvgIpc) is 2.34. The maximum atomic E-state index is 10.3. The van der Waals surface area contributed by atoms with E-state index in [-0.39, 0.29) is 111 Å². The Bertz CT molecular complexity index is 524. The first-order valence-electron chi connectivity index (χ1n) is 6.28. The van der Waals surface area contributed by atoms with Crippen molar-refractivity contribution < 1.29 is 180 Å². The molecule has 0 heterocycles. The molecular formula is C12H21Na3O18. The number of rotatable bonds is 10. The van der Waals surface area contributed by atoms with Crippen LogP contribution in [0, 0.1) is 0 Å². The molecular weight excluding hydrogens is 501 g/mol. The second-order valence-electron chi connectivity index (χ2n) is 4.89. The fraction of sp³-hybridized carbons (Fsp3) is 0.500. The van der Waals surface area contributed by atoms with Crippen LogP contribution in [0.1, 0.15) is 25.7 Å². The molecule has 0 aromatic carbocycles. The fourth-order valence-corrected chi connectivity index (χ4v) is 1.40. The van der Waals surface area contributed by atoms with Gasteiger partial charge in [-0.15, -0.1) is 0 Å². The van der Waals surface area contributed by atoms with E-state index in [2.05, 4.69) is 0 Å². The van der Waals surface area contributed by atoms with Gasteiger partial charge in [-0.3, -0.25) is 9.59 Å². The van der Waals surface area contributed by atoms with Crippen LogP contribution in [0.3, 0.4) is 0 Å². The summed E-state index contributed by atoms with van der Waals surface area (Å²) in [7, 11) is 0. The molecule has 0 rings (SSSR count). The summed E-state index contributed by atoms with van der Waals surface area (Å²) in [6.45, 7) is 0. The fourth-order valence-electron chi connectivity index (χ4n) is 1.40. The molecule has 0 amide bonds. The van der Waals surface area contributed by atoms with Crippen LogP contribution in [-0.4, -0.2) is 94.5 Å². The Morgan fingerprint density at radius 1 is 0.545 bits per heavy atom. The van der Waals surface area contributed by atoms with Gasteiger partial charge in [-0.1, -0.05) is 0 Å². The van der Waals surface area contributed by atoms with Crippen LogP contribution >= 0.6 is 0 Å². The van der Waals surface area contributed by atoms with Gasteiger partial charge in [0.1, 0.15) is 5.60 Å². The van der Waals surface area contributed by atoms with Crippen molar-refractivity contribution in [3.63, 3.8) is 0 Å². The molecule has 0 radical (unpaired) electrons. The molecule has 0 unspecified atom stereocenters. The molecule has 0 aliphatic rings. The first-order valence-corrected chi connectivity index (χ1v) is 6.28. The van der Waals surface area contributed by atoms with Gasteiger partial charge >= 0.3 is 107 Å². The molecule has 0 fully saturated rings. The van der Waals surface area contributed by atoms with E-state index in [9.17, 15) is 44.1 Å². The summed E-state index contributed by atoms with van der Waals surface area (Å²) in [5.41, 5.74) is -5.71. The Labute approximate surface area is 250 Å². The summed E-state index contributed by atoms with van der Waals surface area (Å²) in [6.07, 6.45) is -5.00. The van der Waals surface area contributed by atoms with Crippen molar-refractivity contribution in [3.8, 4) is 0 Å². The van der Waals surface area contributed by atoms with Crippen LogP contribution in [0.15, 0.2) is 0 Å². The van der Waals surface area contributed by atoms with E-state index in [4.69, 9.17) is 25.5 Å². The number of hydrogen-bond donors (Lipinski definition) is 5. The predicted molar refractivity (Wildman–Crippen MR) is 80.8 cm³/mol. The summed E-state index contributed by atoms with van der Waals surface area (Å²) in [6, 6.07) is 0. The Morgan fingerprint density at radius 2 is 0.788 bits per heavy atom. The number of carbonyl (C=O) groups is 6. The minimum Gasteiger partial charge on any atom is -0.550 e. The van der Waals surface area contributed by atoms with Crippen molar-refractivity contribution >= 4 is 35.8 Å². The Hall–Kier alpha value is -0.420. The van der Waals surface area contributed by atoms with E-state index < -0.39 is 72.7 Å². The van der Waals surface area contributed by atoms with Crippen molar-refractivity contribution in [2.75, 3.05) is 0 Å². The van der Waals surface area contributed by atoms with E-state index in [0.29, 0.717) is 0 Å². The molecule has 0 atom stereocenters. The van der Waals surface area contributed by atoms with Gasteiger partial charge in [0.2, 0.25) is 0 Å². The predicted octanol–water partition coefficient (Wildman–Crippen LogP) is -18.8. The van der Waals surface area contributed by atoms with Gasteiger partial charge in [0, 0.05) is 24.8 Å². The van der Waals surface area contributed by atoms with Gasteiger partial charge in [-0.2, -0.15) is 0 Å². The molecule has 18 nitrogen and oxygen atoms in total. The van der Waals surface area contributed by atoms with Crippen LogP contribution in [-0.2, 0) is 28.8 Å². The van der Waals surface area contributed by atoms with Gasteiger partial charge in [0.05, 0.1) is 18.8 Å². The summed E-state index contributed by atoms with van der Waals surface area (Å²) >= 11 is 0. The maximum Gasteiger partial charge on any atom is 1.00 e. The van der Waals surface area contributed by atoms with Crippen LogP contribution < -0.4 is 104 Å². The number of carboxylic acids is 6. The number of carboxylic acid groups (broad SMARTS) is 6. The summed E-state index contributed by atoms with van der Waals surface area (Å²) in [4.78, 5) is 60.5. The van der Waals surface area contributed by atoms with Crippen LogP contribution in [0.4, 0.5) is 0 Å². The molecule has 33 heavy (non-hydrogen) atoms. The SMILES string of the molecule is O.O.O.O.O=C(O)CC(O)(CC(=O)O)C(=O)O.O=C([O-])CC(O)(CC(=O)[O-])C(=O)[O-].[Na+].[Na+].[Na+]. The molecule has 21 heteroatoms. The number of carbonyl (C=O) groups excluding carboxylic acids is 3. The van der Waals surface area contributed by atoms with Gasteiger partial charge < -0.3 is 77.1 Å². The van der Waals surface area contributed by atoms with Crippen LogP contribution in [0.2, 0.25) is 0 Å². The molecule has 180 valence electrons. The molecule has 0 bridgehead atoms. The van der Waals surface area contributed by atoms with Crippen molar-refractivity contribution in [1.29, 1.82) is 0 Å². The van der Waals surface area contributed by atoms with Crippen LogP contribution in [0.5, 0.6) is 0 Å². The van der Waals surface area contributed by atoms with Crippen LogP contribution in [0.25, 0.3) is 0 Å². The summed E-state index contributed by atoms with van der Waals surface area (Å²) < 4.78 is 0. The van der Waals surface area contributed by atoms with Gasteiger partial charge in [0.15, 0.2) is 5.60 Å². The largest absolute Gasteiger partial charge is 1.00 e. The van der Waals surface area contributed by atoms with Crippen molar-refractivity contribution in [2.45, 2.75) is 36.9 Å². The quantitative estimate of drug-likeness (QED) is 0.166. The first kappa shape index (κ1) is 58.4. The molecule has 13 N–H and O–H groups in total. The Balaban J connectivity index is -0.0000000411. The monoisotopic (exact) mass is 522 g/mol. The third kappa shape index (κ3) is 27.7. The second kappa shape index (κ2) is 26.2. The van der Waals surface area contributed by atoms with E-state index in [1.807, 2.05) is 0 Å². The van der Waals surface area contributed by atoms with Crippen molar-refractivity contribution in [2.24, 2.45) is 0 Å². The topological polar surface area (TPSA) is 399 Å². The van der Waals surface area contributed by atoms with Gasteiger partial charge in [0.25, 0.3) is 0 Å². The zero-order valence-electron chi connectivity index (χ0n) is 17.7. The Kier molecular flexibility index (Phi) is 46.4. The van der Waals surface area contributed by atoms with Gasteiger partial charge in [-0.05, 0) is 0 Å². The number of aliphatic hydroxyl groups is 2. The molecule has 0 aromatic heterocycles. The first-order chi connectivity index (χ1) is 11.6. The Morgan fingerprint density at radius 3 is 0.909 bits per heavy atom. The van der Waals surface area contributed by atoms with E-state index in [1.165, 1.54) is 0 Å². The molecule has 0 saturated heterocycles. The normalized spacial score (nSPS) is 8.55. The van der Waals surface area contributed by atoms with Gasteiger partial charge in [-0.25, -0.2) is 4.79 Å². The van der Waals surface area contributed by atoms with Crippen molar-refractivity contribution in [3.05, 3.63) is 0 Å². The second-order valence-corrected chi connectivity index (χ2v) is 4.89. The molecule has 0 spiro atoms. The zero-order valence-corrected chi connectivity index (χ0v) is 23.7. The number of hydrogen-bond acceptors (Lipinski definition) is 11. The van der Waals surface area contributed by atoms with Crippen molar-refractivity contribution in [1.82, 2.24) is 0 Å². The number of aliphatic carboxylic acids is 6. The average molecular weight is 522 g/mol. The van der Waals surface area contributed by atoms with E-state index in [0.717, 1.165) is 0 Å².